The molecule has 6 nitrogen and oxygen atoms in total. The minimum Gasteiger partial charge on any atom is -0.351 e. The van der Waals surface area contributed by atoms with Crippen molar-refractivity contribution in [2.24, 2.45) is 0 Å². The number of hydrogen-bond donors (Lipinski definition) is 2. The molecule has 1 unspecified atom stereocenters. The molecule has 1 atom stereocenters. The summed E-state index contributed by atoms with van der Waals surface area (Å²) in [5.41, 5.74) is 2.04. The van der Waals surface area contributed by atoms with E-state index in [2.05, 4.69) is 20.5 Å². The topological polar surface area (TPSA) is 74.3 Å². The second kappa shape index (κ2) is 14.9. The van der Waals surface area contributed by atoms with Crippen LogP contribution in [0.5, 0.6) is 0 Å². The highest BCUT2D eigenvalue weighted by Gasteiger charge is 2.15. The maximum atomic E-state index is 12.8. The van der Waals surface area contributed by atoms with E-state index in [-0.39, 0.29) is 17.9 Å². The summed E-state index contributed by atoms with van der Waals surface area (Å²) in [6, 6.07) is 9.80. The average Bonchev–Trinajstić information content (AvgIpc) is 3.21. The van der Waals surface area contributed by atoms with Crippen molar-refractivity contribution in [3.05, 3.63) is 68.7 Å². The zero-order valence-electron chi connectivity index (χ0n) is 21.3. The fourth-order valence-corrected chi connectivity index (χ4v) is 5.46. The third-order valence-electron chi connectivity index (χ3n) is 6.07. The third-order valence-corrected chi connectivity index (χ3v) is 7.34. The number of piperidine rings is 1. The first-order valence-electron chi connectivity index (χ1n) is 12.7. The van der Waals surface area contributed by atoms with Crippen LogP contribution in [0, 0.1) is 6.92 Å². The zero-order chi connectivity index (χ0) is 25.8. The summed E-state index contributed by atoms with van der Waals surface area (Å²) < 4.78 is 0. The first kappa shape index (κ1) is 28.1. The number of thiazole rings is 1. The Morgan fingerprint density at radius 1 is 1.19 bits per heavy atom. The van der Waals surface area contributed by atoms with Gasteiger partial charge in [-0.3, -0.25) is 14.5 Å². The van der Waals surface area contributed by atoms with E-state index >= 15 is 0 Å². The molecule has 1 aromatic heterocycles. The molecule has 8 heteroatoms. The first-order chi connectivity index (χ1) is 17.4. The average molecular weight is 529 g/mol. The lowest BCUT2D eigenvalue weighted by molar-refractivity contribution is -0.122. The number of allylic oxidation sites excluding steroid dienone is 1. The molecular formula is C28H37ClN4O2S. The number of amides is 2. The van der Waals surface area contributed by atoms with Gasteiger partial charge in [0.15, 0.2) is 0 Å². The second-order valence-electron chi connectivity index (χ2n) is 9.25. The lowest BCUT2D eigenvalue weighted by atomic mass is 10.1. The molecule has 0 spiro atoms. The lowest BCUT2D eigenvalue weighted by Crippen LogP contribution is -2.44. The number of likely N-dealkylation sites (tertiary alicyclic amines) is 1. The van der Waals surface area contributed by atoms with E-state index in [1.165, 1.54) is 19.3 Å². The van der Waals surface area contributed by atoms with Crippen LogP contribution in [0.4, 0.5) is 0 Å². The van der Waals surface area contributed by atoms with Crippen LogP contribution in [0.2, 0.25) is 0 Å². The molecule has 1 saturated heterocycles. The summed E-state index contributed by atoms with van der Waals surface area (Å²) in [5, 5.41) is 7.69. The highest BCUT2D eigenvalue weighted by Crippen LogP contribution is 2.23. The molecule has 3 rings (SSSR count). The van der Waals surface area contributed by atoms with Crippen LogP contribution in [-0.2, 0) is 22.4 Å². The van der Waals surface area contributed by atoms with Crippen LogP contribution in [0.3, 0.4) is 0 Å². The molecule has 1 aliphatic rings. The van der Waals surface area contributed by atoms with E-state index in [1.807, 2.05) is 56.3 Å². The van der Waals surface area contributed by atoms with Gasteiger partial charge < -0.3 is 10.6 Å². The fourth-order valence-electron chi connectivity index (χ4n) is 4.21. The minimum absolute atomic E-state index is 0.0516. The maximum absolute atomic E-state index is 12.8. The SMILES string of the molecule is C/C(Cl)=C\c1sc(CCC(=O)NC(CNC(=O)/C=C/CN2CCCCC2)Cc2ccccc2)nc1C. The molecule has 1 aromatic carbocycles. The van der Waals surface area contributed by atoms with E-state index in [0.717, 1.165) is 40.8 Å². The number of nitrogens with zero attached hydrogens (tertiary/aromatic N) is 2. The molecule has 2 N–H and O–H groups in total. The smallest absolute Gasteiger partial charge is 0.243 e. The quantitative estimate of drug-likeness (QED) is 0.385. The predicted octanol–water partition coefficient (Wildman–Crippen LogP) is 4.87. The molecule has 1 aliphatic heterocycles. The van der Waals surface area contributed by atoms with Gasteiger partial charge in [-0.1, -0.05) is 54.4 Å². The van der Waals surface area contributed by atoms with Crippen molar-refractivity contribution in [3.63, 3.8) is 0 Å². The van der Waals surface area contributed by atoms with E-state index in [9.17, 15) is 9.59 Å². The van der Waals surface area contributed by atoms with Gasteiger partial charge in [-0.25, -0.2) is 4.98 Å². The molecule has 0 saturated carbocycles. The van der Waals surface area contributed by atoms with Crippen molar-refractivity contribution >= 4 is 40.8 Å². The number of carbonyl (C=O) groups is 2. The number of aryl methyl sites for hydroxylation is 2. The van der Waals surface area contributed by atoms with Crippen LogP contribution in [0.1, 0.15) is 53.7 Å². The zero-order valence-corrected chi connectivity index (χ0v) is 22.8. The molecule has 0 bridgehead atoms. The van der Waals surface area contributed by atoms with Gasteiger partial charge in [0.1, 0.15) is 0 Å². The van der Waals surface area contributed by atoms with Crippen molar-refractivity contribution in [1.29, 1.82) is 0 Å². The van der Waals surface area contributed by atoms with Crippen molar-refractivity contribution in [2.75, 3.05) is 26.2 Å². The Hall–Kier alpha value is -2.48. The number of benzene rings is 1. The molecule has 2 aromatic rings. The second-order valence-corrected chi connectivity index (χ2v) is 11.0. The summed E-state index contributed by atoms with van der Waals surface area (Å²) in [5.74, 6) is -0.183. The maximum Gasteiger partial charge on any atom is 0.243 e. The number of rotatable bonds is 12. The van der Waals surface area contributed by atoms with Crippen molar-refractivity contribution in [2.45, 2.75) is 58.4 Å². The fraction of sp³-hybridized carbons (Fsp3) is 0.464. The Labute approximate surface area is 223 Å². The summed E-state index contributed by atoms with van der Waals surface area (Å²) in [6.45, 7) is 7.16. The summed E-state index contributed by atoms with van der Waals surface area (Å²) in [4.78, 5) is 33.1. The Kier molecular flexibility index (Phi) is 11.7. The van der Waals surface area contributed by atoms with E-state index < -0.39 is 0 Å². The number of halogens is 1. The Bertz CT molecular complexity index is 1040. The highest BCUT2D eigenvalue weighted by molar-refractivity contribution is 7.12. The van der Waals surface area contributed by atoms with E-state index in [0.29, 0.717) is 30.8 Å². The van der Waals surface area contributed by atoms with Gasteiger partial charge in [0.25, 0.3) is 0 Å². The van der Waals surface area contributed by atoms with Crippen LogP contribution in [0.25, 0.3) is 6.08 Å². The Morgan fingerprint density at radius 2 is 1.94 bits per heavy atom. The predicted molar refractivity (Wildman–Crippen MR) is 149 cm³/mol. The van der Waals surface area contributed by atoms with Gasteiger partial charge in [-0.2, -0.15) is 0 Å². The van der Waals surface area contributed by atoms with Crippen LogP contribution < -0.4 is 10.6 Å². The molecule has 1 fully saturated rings. The number of hydrogen-bond acceptors (Lipinski definition) is 5. The molecule has 36 heavy (non-hydrogen) atoms. The van der Waals surface area contributed by atoms with E-state index in [4.69, 9.17) is 11.6 Å². The number of aromatic nitrogens is 1. The summed E-state index contributed by atoms with van der Waals surface area (Å²) in [7, 11) is 0. The number of nitrogens with one attached hydrogen (secondary N) is 2. The monoisotopic (exact) mass is 528 g/mol. The van der Waals surface area contributed by atoms with Gasteiger partial charge in [-0.15, -0.1) is 11.3 Å². The first-order valence-corrected chi connectivity index (χ1v) is 13.9. The molecule has 194 valence electrons. The summed E-state index contributed by atoms with van der Waals surface area (Å²) in [6.07, 6.45) is 10.7. The van der Waals surface area contributed by atoms with Crippen LogP contribution in [-0.4, -0.2) is 53.9 Å². The largest absolute Gasteiger partial charge is 0.351 e. The Morgan fingerprint density at radius 3 is 2.67 bits per heavy atom. The number of carbonyl (C=O) groups excluding carboxylic acids is 2. The van der Waals surface area contributed by atoms with Gasteiger partial charge in [0.2, 0.25) is 11.8 Å². The van der Waals surface area contributed by atoms with Crippen molar-refractivity contribution < 1.29 is 9.59 Å². The molecule has 2 heterocycles. The molecule has 0 aliphatic carbocycles. The molecule has 0 radical (unpaired) electrons. The minimum atomic E-state index is -0.199. The molecular weight excluding hydrogens is 492 g/mol. The highest BCUT2D eigenvalue weighted by atomic mass is 35.5. The van der Waals surface area contributed by atoms with Crippen LogP contribution >= 0.6 is 22.9 Å². The molecule has 2 amide bonds. The van der Waals surface area contributed by atoms with Crippen molar-refractivity contribution in [1.82, 2.24) is 20.5 Å². The van der Waals surface area contributed by atoms with Crippen LogP contribution in [0.15, 0.2) is 47.5 Å². The normalized spacial score (nSPS) is 15.7. The van der Waals surface area contributed by atoms with Gasteiger partial charge in [0, 0.05) is 37.0 Å². The van der Waals surface area contributed by atoms with Gasteiger partial charge in [0.05, 0.1) is 21.6 Å². The van der Waals surface area contributed by atoms with Gasteiger partial charge in [-0.05, 0) is 57.8 Å². The Balaban J connectivity index is 1.51. The standard InChI is InChI=1S/C28H37ClN4O2S/c1-21(29)18-25-22(2)31-28(36-25)14-13-27(35)32-24(19-23-10-5-3-6-11-23)20-30-26(34)12-9-17-33-15-7-4-8-16-33/h3,5-6,9-12,18,24H,4,7-8,13-17,19-20H2,1-2H3,(H,30,34)(H,32,35)/b12-9+,21-18+. The van der Waals surface area contributed by atoms with Gasteiger partial charge >= 0.3 is 0 Å². The van der Waals surface area contributed by atoms with Crippen molar-refractivity contribution in [3.8, 4) is 0 Å². The van der Waals surface area contributed by atoms with E-state index in [1.54, 1.807) is 17.4 Å². The third kappa shape index (κ3) is 10.2. The summed E-state index contributed by atoms with van der Waals surface area (Å²) >= 11 is 7.56. The lowest BCUT2D eigenvalue weighted by Gasteiger charge is -2.24.